The SMILES string of the molecule is Cc1ccc(CC=C(c2ccccc2)c2ccccc2)cc1. The van der Waals surface area contributed by atoms with Gasteiger partial charge in [-0.05, 0) is 35.6 Å². The summed E-state index contributed by atoms with van der Waals surface area (Å²) in [5.74, 6) is 0. The van der Waals surface area contributed by atoms with E-state index in [1.165, 1.54) is 27.8 Å². The molecule has 0 aliphatic heterocycles. The summed E-state index contributed by atoms with van der Waals surface area (Å²) in [6, 6.07) is 30.0. The lowest BCUT2D eigenvalue weighted by Crippen LogP contribution is -1.90. The molecule has 3 aromatic rings. The average molecular weight is 284 g/mol. The Morgan fingerprint density at radius 1 is 0.682 bits per heavy atom. The second kappa shape index (κ2) is 6.91. The highest BCUT2D eigenvalue weighted by atomic mass is 14.1. The second-order valence-corrected chi connectivity index (χ2v) is 5.54. The maximum Gasteiger partial charge on any atom is -0.00880 e. The van der Waals surface area contributed by atoms with Crippen LogP contribution in [0.1, 0.15) is 22.3 Å². The summed E-state index contributed by atoms with van der Waals surface area (Å²) in [5.41, 5.74) is 6.47. The minimum atomic E-state index is 0.944. The van der Waals surface area contributed by atoms with Gasteiger partial charge in [-0.1, -0.05) is 96.6 Å². The fourth-order valence-corrected chi connectivity index (χ4v) is 2.58. The molecule has 0 unspecified atom stereocenters. The maximum absolute atomic E-state index is 2.33. The number of allylic oxidation sites excluding steroid dienone is 1. The fraction of sp³-hybridized carbons (Fsp3) is 0.0909. The van der Waals surface area contributed by atoms with Gasteiger partial charge in [0.1, 0.15) is 0 Å². The van der Waals surface area contributed by atoms with E-state index in [9.17, 15) is 0 Å². The molecule has 0 bridgehead atoms. The highest BCUT2D eigenvalue weighted by Crippen LogP contribution is 2.23. The van der Waals surface area contributed by atoms with Crippen molar-refractivity contribution in [2.24, 2.45) is 0 Å². The van der Waals surface area contributed by atoms with Crippen LogP contribution in [0.2, 0.25) is 0 Å². The number of benzene rings is 3. The molecule has 0 N–H and O–H groups in total. The van der Waals surface area contributed by atoms with Crippen LogP contribution in [0.4, 0.5) is 0 Å². The molecular formula is C22H20. The van der Waals surface area contributed by atoms with E-state index in [-0.39, 0.29) is 0 Å². The Hall–Kier alpha value is -2.60. The monoisotopic (exact) mass is 284 g/mol. The number of hydrogen-bond donors (Lipinski definition) is 0. The van der Waals surface area contributed by atoms with E-state index in [0.29, 0.717) is 0 Å². The summed E-state index contributed by atoms with van der Waals surface area (Å²) in [5, 5.41) is 0. The van der Waals surface area contributed by atoms with E-state index >= 15 is 0 Å². The molecule has 0 heteroatoms. The Labute approximate surface area is 132 Å². The normalized spacial score (nSPS) is 10.2. The van der Waals surface area contributed by atoms with Crippen molar-refractivity contribution in [3.63, 3.8) is 0 Å². The lowest BCUT2D eigenvalue weighted by atomic mass is 9.96. The van der Waals surface area contributed by atoms with Crippen molar-refractivity contribution in [1.29, 1.82) is 0 Å². The van der Waals surface area contributed by atoms with Crippen LogP contribution in [-0.4, -0.2) is 0 Å². The zero-order chi connectivity index (χ0) is 15.2. The molecule has 3 aromatic carbocycles. The highest BCUT2D eigenvalue weighted by Gasteiger charge is 2.04. The van der Waals surface area contributed by atoms with Gasteiger partial charge in [0.15, 0.2) is 0 Å². The Bertz CT molecular complexity index is 694. The summed E-state index contributed by atoms with van der Waals surface area (Å²) >= 11 is 0. The maximum atomic E-state index is 2.33. The van der Waals surface area contributed by atoms with E-state index in [0.717, 1.165) is 6.42 Å². The Morgan fingerprint density at radius 2 is 1.18 bits per heavy atom. The fourth-order valence-electron chi connectivity index (χ4n) is 2.58. The third kappa shape index (κ3) is 3.53. The van der Waals surface area contributed by atoms with Gasteiger partial charge in [-0.25, -0.2) is 0 Å². The van der Waals surface area contributed by atoms with Crippen LogP contribution in [0.15, 0.2) is 91.0 Å². The molecule has 0 spiro atoms. The van der Waals surface area contributed by atoms with Crippen LogP contribution in [0.5, 0.6) is 0 Å². The largest absolute Gasteiger partial charge is 0.0717 e. The van der Waals surface area contributed by atoms with Gasteiger partial charge in [0.25, 0.3) is 0 Å². The molecule has 0 aliphatic carbocycles. The van der Waals surface area contributed by atoms with Gasteiger partial charge in [-0.3, -0.25) is 0 Å². The van der Waals surface area contributed by atoms with Crippen molar-refractivity contribution < 1.29 is 0 Å². The van der Waals surface area contributed by atoms with Gasteiger partial charge in [-0.15, -0.1) is 0 Å². The molecule has 22 heavy (non-hydrogen) atoms. The lowest BCUT2D eigenvalue weighted by Gasteiger charge is -2.09. The molecule has 0 aliphatic rings. The minimum Gasteiger partial charge on any atom is -0.0717 e. The zero-order valence-corrected chi connectivity index (χ0v) is 12.9. The molecule has 0 saturated carbocycles. The van der Waals surface area contributed by atoms with Crippen LogP contribution >= 0.6 is 0 Å². The standard InChI is InChI=1S/C22H20/c1-18-12-14-19(15-13-18)16-17-22(20-8-4-2-5-9-20)21-10-6-3-7-11-21/h2-15,17H,16H2,1H3. The summed E-state index contributed by atoms with van der Waals surface area (Å²) in [4.78, 5) is 0. The van der Waals surface area contributed by atoms with Gasteiger partial charge in [0, 0.05) is 0 Å². The molecule has 0 atom stereocenters. The first-order valence-corrected chi connectivity index (χ1v) is 7.69. The van der Waals surface area contributed by atoms with Gasteiger partial charge < -0.3 is 0 Å². The molecule has 0 radical (unpaired) electrons. The van der Waals surface area contributed by atoms with Crippen molar-refractivity contribution >= 4 is 5.57 Å². The predicted octanol–water partition coefficient (Wildman–Crippen LogP) is 5.67. The first-order chi connectivity index (χ1) is 10.8. The Balaban J connectivity index is 1.95. The predicted molar refractivity (Wildman–Crippen MR) is 94.8 cm³/mol. The van der Waals surface area contributed by atoms with E-state index in [4.69, 9.17) is 0 Å². The lowest BCUT2D eigenvalue weighted by molar-refractivity contribution is 1.25. The molecule has 0 aromatic heterocycles. The topological polar surface area (TPSA) is 0 Å². The molecule has 3 rings (SSSR count). The van der Waals surface area contributed by atoms with Crippen molar-refractivity contribution in [3.8, 4) is 0 Å². The molecule has 0 fully saturated rings. The van der Waals surface area contributed by atoms with E-state index in [1.54, 1.807) is 0 Å². The van der Waals surface area contributed by atoms with E-state index in [1.807, 2.05) is 0 Å². The van der Waals surface area contributed by atoms with Crippen LogP contribution in [0.25, 0.3) is 5.57 Å². The van der Waals surface area contributed by atoms with Crippen LogP contribution in [0, 0.1) is 6.92 Å². The van der Waals surface area contributed by atoms with Crippen LogP contribution in [0.3, 0.4) is 0 Å². The quantitative estimate of drug-likeness (QED) is 0.579. The molecule has 0 amide bonds. The third-order valence-electron chi connectivity index (χ3n) is 3.83. The van der Waals surface area contributed by atoms with E-state index in [2.05, 4.69) is 97.9 Å². The van der Waals surface area contributed by atoms with Crippen LogP contribution < -0.4 is 0 Å². The number of aryl methyl sites for hydroxylation is 1. The molecule has 0 nitrogen and oxygen atoms in total. The van der Waals surface area contributed by atoms with Crippen LogP contribution in [-0.2, 0) is 6.42 Å². The average Bonchev–Trinajstić information content (AvgIpc) is 2.59. The summed E-state index contributed by atoms with van der Waals surface area (Å²) in [6.07, 6.45) is 3.27. The van der Waals surface area contributed by atoms with Gasteiger partial charge in [0.2, 0.25) is 0 Å². The Morgan fingerprint density at radius 3 is 1.68 bits per heavy atom. The van der Waals surface area contributed by atoms with Crippen molar-refractivity contribution in [1.82, 2.24) is 0 Å². The van der Waals surface area contributed by atoms with Crippen molar-refractivity contribution in [2.45, 2.75) is 13.3 Å². The summed E-state index contributed by atoms with van der Waals surface area (Å²) < 4.78 is 0. The molecule has 0 heterocycles. The minimum absolute atomic E-state index is 0.944. The first-order valence-electron chi connectivity index (χ1n) is 7.69. The molecule has 108 valence electrons. The highest BCUT2D eigenvalue weighted by molar-refractivity contribution is 5.79. The van der Waals surface area contributed by atoms with Gasteiger partial charge >= 0.3 is 0 Å². The smallest absolute Gasteiger partial charge is 0.00880 e. The Kier molecular flexibility index (Phi) is 4.50. The van der Waals surface area contributed by atoms with E-state index < -0.39 is 0 Å². The van der Waals surface area contributed by atoms with Crippen molar-refractivity contribution in [3.05, 3.63) is 113 Å². The first kappa shape index (κ1) is 14.3. The molecular weight excluding hydrogens is 264 g/mol. The molecule has 0 saturated heterocycles. The summed E-state index contributed by atoms with van der Waals surface area (Å²) in [6.45, 7) is 2.12. The third-order valence-corrected chi connectivity index (χ3v) is 3.83. The number of hydrogen-bond acceptors (Lipinski definition) is 0. The number of rotatable bonds is 4. The zero-order valence-electron chi connectivity index (χ0n) is 12.9. The van der Waals surface area contributed by atoms with Gasteiger partial charge in [-0.2, -0.15) is 0 Å². The second-order valence-electron chi connectivity index (χ2n) is 5.54. The van der Waals surface area contributed by atoms with Crippen molar-refractivity contribution in [2.75, 3.05) is 0 Å². The summed E-state index contributed by atoms with van der Waals surface area (Å²) in [7, 11) is 0. The van der Waals surface area contributed by atoms with Gasteiger partial charge in [0.05, 0.1) is 0 Å².